The molecule has 0 aliphatic rings. The number of ether oxygens (including phenoxy) is 1. The van der Waals surface area contributed by atoms with Gasteiger partial charge in [0.2, 0.25) is 0 Å². The molecular weight excluding hydrogens is 176 g/mol. The van der Waals surface area contributed by atoms with Crippen molar-refractivity contribution in [3.8, 4) is 0 Å². The van der Waals surface area contributed by atoms with Gasteiger partial charge in [-0.3, -0.25) is 11.3 Å². The van der Waals surface area contributed by atoms with Crippen molar-refractivity contribution >= 4 is 0 Å². The topological polar surface area (TPSA) is 47.3 Å². The molecule has 1 unspecified atom stereocenters. The molecule has 0 aromatic carbocycles. The third kappa shape index (κ3) is 3.08. The molecule has 0 aromatic heterocycles. The molecule has 84 valence electrons. The molecule has 3 N–H and O–H groups in total. The number of hydrogen-bond donors (Lipinski definition) is 2. The van der Waals surface area contributed by atoms with E-state index in [2.05, 4.69) is 25.9 Å². The van der Waals surface area contributed by atoms with Crippen LogP contribution in [0, 0.1) is 0 Å². The van der Waals surface area contributed by atoms with E-state index in [0.29, 0.717) is 0 Å². The first-order chi connectivity index (χ1) is 6.56. The first-order valence-corrected chi connectivity index (χ1v) is 5.22. The van der Waals surface area contributed by atoms with E-state index in [1.807, 2.05) is 6.92 Å². The van der Waals surface area contributed by atoms with Crippen molar-refractivity contribution in [3.63, 3.8) is 0 Å². The Bertz CT molecular complexity index is 168. The van der Waals surface area contributed by atoms with Gasteiger partial charge in [0.15, 0.2) is 0 Å². The van der Waals surface area contributed by atoms with Crippen LogP contribution in [0.3, 0.4) is 0 Å². The summed E-state index contributed by atoms with van der Waals surface area (Å²) in [6.45, 7) is 10.2. The zero-order chi connectivity index (χ0) is 11.2. The van der Waals surface area contributed by atoms with Gasteiger partial charge in [-0.2, -0.15) is 0 Å². The van der Waals surface area contributed by atoms with Crippen molar-refractivity contribution in [3.05, 3.63) is 12.2 Å². The highest BCUT2D eigenvalue weighted by Crippen LogP contribution is 2.27. The minimum atomic E-state index is -0.173. The summed E-state index contributed by atoms with van der Waals surface area (Å²) in [5.74, 6) is 5.56. The molecule has 0 fully saturated rings. The summed E-state index contributed by atoms with van der Waals surface area (Å²) in [5.41, 5.74) is 3.79. The van der Waals surface area contributed by atoms with Crippen LogP contribution in [0.25, 0.3) is 0 Å². The SMILES string of the molecule is C=C(C)CC(NN)C(CC)(CC)OC. The number of rotatable bonds is 7. The molecule has 0 spiro atoms. The Morgan fingerprint density at radius 3 is 2.21 bits per heavy atom. The maximum atomic E-state index is 5.61. The minimum Gasteiger partial charge on any atom is -0.377 e. The average molecular weight is 200 g/mol. The van der Waals surface area contributed by atoms with Crippen LogP contribution in [0.15, 0.2) is 12.2 Å². The number of nitrogens with one attached hydrogen (secondary N) is 1. The Labute approximate surface area is 87.7 Å². The van der Waals surface area contributed by atoms with Crippen molar-refractivity contribution in [2.24, 2.45) is 5.84 Å². The number of hydrogen-bond acceptors (Lipinski definition) is 3. The lowest BCUT2D eigenvalue weighted by Gasteiger charge is -2.38. The molecule has 0 rings (SSSR count). The Balaban J connectivity index is 4.64. The summed E-state index contributed by atoms with van der Waals surface area (Å²) in [6.07, 6.45) is 2.75. The highest BCUT2D eigenvalue weighted by Gasteiger charge is 2.34. The van der Waals surface area contributed by atoms with E-state index < -0.39 is 0 Å². The molecule has 0 radical (unpaired) electrons. The summed E-state index contributed by atoms with van der Waals surface area (Å²) in [7, 11) is 1.75. The van der Waals surface area contributed by atoms with Gasteiger partial charge in [-0.25, -0.2) is 0 Å². The monoisotopic (exact) mass is 200 g/mol. The Morgan fingerprint density at radius 1 is 1.50 bits per heavy atom. The fraction of sp³-hybridized carbons (Fsp3) is 0.818. The summed E-state index contributed by atoms with van der Waals surface area (Å²) >= 11 is 0. The van der Waals surface area contributed by atoms with E-state index in [-0.39, 0.29) is 11.6 Å². The van der Waals surface area contributed by atoms with Crippen LogP contribution in [-0.4, -0.2) is 18.8 Å². The van der Waals surface area contributed by atoms with Crippen LogP contribution in [0.4, 0.5) is 0 Å². The van der Waals surface area contributed by atoms with Crippen molar-refractivity contribution in [2.45, 2.75) is 51.7 Å². The predicted molar refractivity (Wildman–Crippen MR) is 60.9 cm³/mol. The molecule has 0 bridgehead atoms. The van der Waals surface area contributed by atoms with Gasteiger partial charge < -0.3 is 4.74 Å². The van der Waals surface area contributed by atoms with E-state index in [4.69, 9.17) is 10.6 Å². The normalized spacial score (nSPS) is 14.1. The van der Waals surface area contributed by atoms with Crippen LogP contribution in [0.1, 0.15) is 40.0 Å². The third-order valence-corrected chi connectivity index (χ3v) is 2.99. The van der Waals surface area contributed by atoms with Gasteiger partial charge in [0, 0.05) is 7.11 Å². The average Bonchev–Trinajstić information content (AvgIpc) is 2.19. The number of nitrogens with two attached hydrogens (primary N) is 1. The molecule has 0 aromatic rings. The second kappa shape index (κ2) is 6.17. The van der Waals surface area contributed by atoms with Gasteiger partial charge in [0.25, 0.3) is 0 Å². The molecule has 0 saturated heterocycles. The zero-order valence-electron chi connectivity index (χ0n) is 9.89. The maximum Gasteiger partial charge on any atom is 0.0842 e. The van der Waals surface area contributed by atoms with Crippen molar-refractivity contribution in [1.82, 2.24) is 5.43 Å². The van der Waals surface area contributed by atoms with Crippen molar-refractivity contribution in [2.75, 3.05) is 7.11 Å². The van der Waals surface area contributed by atoms with Crippen LogP contribution in [0.2, 0.25) is 0 Å². The van der Waals surface area contributed by atoms with Gasteiger partial charge in [-0.1, -0.05) is 19.4 Å². The first-order valence-electron chi connectivity index (χ1n) is 5.22. The summed E-state index contributed by atoms with van der Waals surface area (Å²) in [5, 5.41) is 0. The Morgan fingerprint density at radius 2 is 2.00 bits per heavy atom. The highest BCUT2D eigenvalue weighted by atomic mass is 16.5. The lowest BCUT2D eigenvalue weighted by molar-refractivity contribution is -0.0472. The van der Waals surface area contributed by atoms with E-state index in [9.17, 15) is 0 Å². The molecule has 0 aliphatic heterocycles. The summed E-state index contributed by atoms with van der Waals surface area (Å²) in [6, 6.07) is 0.139. The van der Waals surface area contributed by atoms with Gasteiger partial charge in [-0.05, 0) is 26.2 Å². The largest absolute Gasteiger partial charge is 0.377 e. The third-order valence-electron chi connectivity index (χ3n) is 2.99. The van der Waals surface area contributed by atoms with E-state index in [1.165, 1.54) is 0 Å². The molecule has 14 heavy (non-hydrogen) atoms. The summed E-state index contributed by atoms with van der Waals surface area (Å²) in [4.78, 5) is 0. The zero-order valence-corrected chi connectivity index (χ0v) is 9.89. The van der Waals surface area contributed by atoms with Gasteiger partial charge in [-0.15, -0.1) is 6.58 Å². The van der Waals surface area contributed by atoms with Crippen LogP contribution < -0.4 is 11.3 Å². The predicted octanol–water partition coefficient (Wildman–Crippen LogP) is 1.99. The van der Waals surface area contributed by atoms with Crippen molar-refractivity contribution < 1.29 is 4.74 Å². The lowest BCUT2D eigenvalue weighted by atomic mass is 9.85. The van der Waals surface area contributed by atoms with Gasteiger partial charge in [0.1, 0.15) is 0 Å². The van der Waals surface area contributed by atoms with Crippen molar-refractivity contribution in [1.29, 1.82) is 0 Å². The second-order valence-corrected chi connectivity index (χ2v) is 3.86. The molecule has 0 amide bonds. The first kappa shape index (κ1) is 13.6. The number of hydrazine groups is 1. The smallest absolute Gasteiger partial charge is 0.0842 e. The molecule has 1 atom stereocenters. The van der Waals surface area contributed by atoms with Crippen LogP contribution >= 0.6 is 0 Å². The molecule has 0 saturated carbocycles. The highest BCUT2D eigenvalue weighted by molar-refractivity contribution is 5.00. The fourth-order valence-corrected chi connectivity index (χ4v) is 1.92. The molecule has 3 nitrogen and oxygen atoms in total. The van der Waals surface area contributed by atoms with Crippen LogP contribution in [-0.2, 0) is 4.74 Å². The molecule has 0 aliphatic carbocycles. The molecule has 3 heteroatoms. The summed E-state index contributed by atoms with van der Waals surface area (Å²) < 4.78 is 5.61. The second-order valence-electron chi connectivity index (χ2n) is 3.86. The van der Waals surface area contributed by atoms with Gasteiger partial charge >= 0.3 is 0 Å². The van der Waals surface area contributed by atoms with E-state index in [1.54, 1.807) is 7.11 Å². The minimum absolute atomic E-state index is 0.139. The molecule has 0 heterocycles. The standard InChI is InChI=1S/C11H24N2O/c1-6-11(7-2,14-5)10(13-12)8-9(3)4/h10,13H,3,6-8,12H2,1-2,4-5H3. The Kier molecular flexibility index (Phi) is 6.00. The maximum absolute atomic E-state index is 5.61. The number of methoxy groups -OCH3 is 1. The lowest BCUT2D eigenvalue weighted by Crippen LogP contribution is -2.54. The van der Waals surface area contributed by atoms with Gasteiger partial charge in [0.05, 0.1) is 11.6 Å². The Hall–Kier alpha value is -0.380. The fourth-order valence-electron chi connectivity index (χ4n) is 1.92. The van der Waals surface area contributed by atoms with E-state index in [0.717, 1.165) is 24.8 Å². The quantitative estimate of drug-likeness (QED) is 0.375. The van der Waals surface area contributed by atoms with Crippen LogP contribution in [0.5, 0.6) is 0 Å². The van der Waals surface area contributed by atoms with E-state index >= 15 is 0 Å². The molecular formula is C11H24N2O.